The van der Waals surface area contributed by atoms with Gasteiger partial charge in [-0.15, -0.1) is 11.3 Å². The number of likely N-dealkylation sites (tertiary alicyclic amines) is 1. The molecule has 142 valence electrons. The minimum Gasteiger partial charge on any atom is -0.302 e. The van der Waals surface area contributed by atoms with Crippen LogP contribution in [0.3, 0.4) is 0 Å². The van der Waals surface area contributed by atoms with Gasteiger partial charge in [0, 0.05) is 23.9 Å². The second kappa shape index (κ2) is 6.67. The molecule has 2 bridgehead atoms. The summed E-state index contributed by atoms with van der Waals surface area (Å²) in [7, 11) is 0. The smallest absolute Gasteiger partial charge is 0.233 e. The molecule has 1 N–H and O–H groups in total. The van der Waals surface area contributed by atoms with E-state index in [1.165, 1.54) is 16.2 Å². The third kappa shape index (κ3) is 2.77. The van der Waals surface area contributed by atoms with Gasteiger partial charge in [-0.1, -0.05) is 42.5 Å². The van der Waals surface area contributed by atoms with Crippen molar-refractivity contribution in [3.8, 4) is 11.3 Å². The normalized spacial score (nSPS) is 27.5. The zero-order chi connectivity index (χ0) is 19.3. The van der Waals surface area contributed by atoms with E-state index in [0.29, 0.717) is 5.13 Å². The first-order valence-corrected chi connectivity index (χ1v) is 10.3. The highest BCUT2D eigenvalue weighted by molar-refractivity contribution is 7.14. The van der Waals surface area contributed by atoms with E-state index in [2.05, 4.69) is 22.5 Å². The standard InChI is InChI=1S/C21H19N3O3S/c25-16(23-21-22-15(11-28-21)12-4-2-1-3-5-12)8-9-24-19(26)17-13-6-7-14(10-13)18(17)20(24)27/h1-7,11,13-14,17-18H,8-10H2,(H,22,23,25)/t13-,14-,17+,18+/m0/s1. The molecular weight excluding hydrogens is 374 g/mol. The first kappa shape index (κ1) is 17.3. The van der Waals surface area contributed by atoms with Gasteiger partial charge >= 0.3 is 0 Å². The Bertz CT molecular complexity index is 954. The molecule has 3 amide bonds. The maximum Gasteiger partial charge on any atom is 0.233 e. The summed E-state index contributed by atoms with van der Waals surface area (Å²) >= 11 is 1.36. The number of nitrogens with zero attached hydrogens (tertiary/aromatic N) is 2. The summed E-state index contributed by atoms with van der Waals surface area (Å²) in [5, 5.41) is 5.18. The average molecular weight is 393 g/mol. The molecule has 1 aromatic heterocycles. The average Bonchev–Trinajstić information content (AvgIpc) is 3.47. The molecular formula is C21H19N3O3S. The summed E-state index contributed by atoms with van der Waals surface area (Å²) in [5.74, 6) is -0.502. The van der Waals surface area contributed by atoms with Crippen LogP contribution in [0.25, 0.3) is 11.3 Å². The Morgan fingerprint density at radius 3 is 2.46 bits per heavy atom. The number of amides is 3. The predicted molar refractivity (Wildman–Crippen MR) is 105 cm³/mol. The van der Waals surface area contributed by atoms with E-state index in [9.17, 15) is 14.4 Å². The molecule has 7 heteroatoms. The van der Waals surface area contributed by atoms with Crippen molar-refractivity contribution in [2.45, 2.75) is 12.8 Å². The number of nitrogens with one attached hydrogen (secondary N) is 1. The predicted octanol–water partition coefficient (Wildman–Crippen LogP) is 2.95. The summed E-state index contributed by atoms with van der Waals surface area (Å²) in [6.07, 6.45) is 5.13. The van der Waals surface area contributed by atoms with Crippen LogP contribution in [0.5, 0.6) is 0 Å². The van der Waals surface area contributed by atoms with Crippen LogP contribution >= 0.6 is 11.3 Å². The number of anilines is 1. The maximum absolute atomic E-state index is 12.6. The Labute approximate surface area is 166 Å². The fraction of sp³-hybridized carbons (Fsp3) is 0.333. The fourth-order valence-electron chi connectivity index (χ4n) is 4.65. The highest BCUT2D eigenvalue weighted by Gasteiger charge is 2.59. The summed E-state index contributed by atoms with van der Waals surface area (Å²) < 4.78 is 0. The van der Waals surface area contributed by atoms with E-state index >= 15 is 0 Å². The fourth-order valence-corrected chi connectivity index (χ4v) is 5.39. The van der Waals surface area contributed by atoms with Gasteiger partial charge in [0.1, 0.15) is 0 Å². The monoisotopic (exact) mass is 393 g/mol. The molecule has 6 nitrogen and oxygen atoms in total. The number of hydrogen-bond donors (Lipinski definition) is 1. The third-order valence-electron chi connectivity index (χ3n) is 5.94. The second-order valence-corrected chi connectivity index (χ2v) is 8.39. The molecule has 0 unspecified atom stereocenters. The van der Waals surface area contributed by atoms with Crippen molar-refractivity contribution >= 4 is 34.2 Å². The van der Waals surface area contributed by atoms with Crippen LogP contribution in [0.15, 0.2) is 47.9 Å². The largest absolute Gasteiger partial charge is 0.302 e. The molecule has 2 fully saturated rings. The molecule has 4 atom stereocenters. The first-order chi connectivity index (χ1) is 13.6. The minimum atomic E-state index is -0.243. The molecule has 1 saturated heterocycles. The van der Waals surface area contributed by atoms with Gasteiger partial charge in [0.05, 0.1) is 17.5 Å². The molecule has 1 aliphatic heterocycles. The van der Waals surface area contributed by atoms with Gasteiger partial charge in [-0.25, -0.2) is 4.98 Å². The third-order valence-corrected chi connectivity index (χ3v) is 6.70. The van der Waals surface area contributed by atoms with Crippen molar-refractivity contribution in [2.75, 3.05) is 11.9 Å². The van der Waals surface area contributed by atoms with Crippen molar-refractivity contribution in [1.82, 2.24) is 9.88 Å². The number of thiazole rings is 1. The van der Waals surface area contributed by atoms with Crippen molar-refractivity contribution in [3.05, 3.63) is 47.9 Å². The van der Waals surface area contributed by atoms with E-state index < -0.39 is 0 Å². The lowest BCUT2D eigenvalue weighted by Crippen LogP contribution is -2.35. The van der Waals surface area contributed by atoms with Crippen LogP contribution in [-0.4, -0.2) is 34.2 Å². The SMILES string of the molecule is O=C(CCN1C(=O)[C@H]2[C@H](C1=O)[C@H]1C=C[C@H]2C1)Nc1nc(-c2ccccc2)cs1. The molecule has 0 radical (unpaired) electrons. The van der Waals surface area contributed by atoms with Crippen LogP contribution in [0.4, 0.5) is 5.13 Å². The van der Waals surface area contributed by atoms with Gasteiger partial charge < -0.3 is 5.32 Å². The highest BCUT2D eigenvalue weighted by atomic mass is 32.1. The molecule has 2 aromatic rings. The number of carbonyl (C=O) groups excluding carboxylic acids is 3. The summed E-state index contributed by atoms with van der Waals surface area (Å²) in [6.45, 7) is 0.132. The van der Waals surface area contributed by atoms with Crippen LogP contribution < -0.4 is 5.32 Å². The van der Waals surface area contributed by atoms with E-state index in [1.807, 2.05) is 35.7 Å². The molecule has 1 saturated carbocycles. The Kier molecular flexibility index (Phi) is 4.12. The van der Waals surface area contributed by atoms with Crippen molar-refractivity contribution in [3.63, 3.8) is 0 Å². The van der Waals surface area contributed by atoms with Gasteiger partial charge in [-0.05, 0) is 18.3 Å². The zero-order valence-electron chi connectivity index (χ0n) is 15.1. The van der Waals surface area contributed by atoms with Gasteiger partial charge in [-0.3, -0.25) is 19.3 Å². The van der Waals surface area contributed by atoms with Crippen molar-refractivity contribution in [1.29, 1.82) is 0 Å². The molecule has 0 spiro atoms. The van der Waals surface area contributed by atoms with Gasteiger partial charge in [0.15, 0.2) is 5.13 Å². The van der Waals surface area contributed by atoms with E-state index in [4.69, 9.17) is 0 Å². The van der Waals surface area contributed by atoms with Crippen molar-refractivity contribution in [2.24, 2.45) is 23.7 Å². The molecule has 2 aliphatic carbocycles. The molecule has 1 aromatic carbocycles. The molecule has 28 heavy (non-hydrogen) atoms. The van der Waals surface area contributed by atoms with Crippen LogP contribution in [-0.2, 0) is 14.4 Å². The summed E-state index contributed by atoms with van der Waals surface area (Å²) in [5.41, 5.74) is 1.80. The number of benzene rings is 1. The molecule has 2 heterocycles. The van der Waals surface area contributed by atoms with E-state index in [0.717, 1.165) is 17.7 Å². The quantitative estimate of drug-likeness (QED) is 0.626. The lowest BCUT2D eigenvalue weighted by molar-refractivity contribution is -0.140. The van der Waals surface area contributed by atoms with Gasteiger partial charge in [0.2, 0.25) is 17.7 Å². The second-order valence-electron chi connectivity index (χ2n) is 7.53. The maximum atomic E-state index is 12.6. The summed E-state index contributed by atoms with van der Waals surface area (Å²) in [4.78, 5) is 43.3. The van der Waals surface area contributed by atoms with Crippen LogP contribution in [0.2, 0.25) is 0 Å². The van der Waals surface area contributed by atoms with Crippen LogP contribution in [0, 0.1) is 23.7 Å². The molecule has 3 aliphatic rings. The number of imide groups is 1. The number of hydrogen-bond acceptors (Lipinski definition) is 5. The lowest BCUT2D eigenvalue weighted by Gasteiger charge is -2.16. The zero-order valence-corrected chi connectivity index (χ0v) is 15.9. The van der Waals surface area contributed by atoms with E-state index in [1.54, 1.807) is 0 Å². The Morgan fingerprint density at radius 2 is 1.79 bits per heavy atom. The number of fused-ring (bicyclic) bond motifs is 5. The Hall–Kier alpha value is -2.80. The van der Waals surface area contributed by atoms with E-state index in [-0.39, 0.29) is 54.4 Å². The van der Waals surface area contributed by atoms with Crippen molar-refractivity contribution < 1.29 is 14.4 Å². The number of rotatable bonds is 5. The van der Waals surface area contributed by atoms with Gasteiger partial charge in [0.25, 0.3) is 0 Å². The number of allylic oxidation sites excluding steroid dienone is 2. The number of aromatic nitrogens is 1. The Morgan fingerprint density at radius 1 is 1.11 bits per heavy atom. The number of carbonyl (C=O) groups is 3. The lowest BCUT2D eigenvalue weighted by atomic mass is 9.85. The topological polar surface area (TPSA) is 79.4 Å². The minimum absolute atomic E-state index is 0.0833. The van der Waals surface area contributed by atoms with Gasteiger partial charge in [-0.2, -0.15) is 0 Å². The summed E-state index contributed by atoms with van der Waals surface area (Å²) in [6, 6.07) is 9.74. The molecule has 5 rings (SSSR count). The first-order valence-electron chi connectivity index (χ1n) is 9.46. The van der Waals surface area contributed by atoms with Crippen LogP contribution in [0.1, 0.15) is 12.8 Å². The Balaban J connectivity index is 1.19. The highest BCUT2D eigenvalue weighted by Crippen LogP contribution is 2.52.